The van der Waals surface area contributed by atoms with E-state index < -0.39 is 0 Å². The van der Waals surface area contributed by atoms with Crippen LogP contribution in [0.2, 0.25) is 5.02 Å². The smallest absolute Gasteiger partial charge is 0.254 e. The molecule has 0 atom stereocenters. The van der Waals surface area contributed by atoms with E-state index in [2.05, 4.69) is 34.4 Å². The van der Waals surface area contributed by atoms with E-state index in [1.165, 1.54) is 12.4 Å². The molecule has 6 heteroatoms. The van der Waals surface area contributed by atoms with Crippen molar-refractivity contribution < 1.29 is 4.79 Å². The van der Waals surface area contributed by atoms with E-state index in [1.54, 1.807) is 0 Å². The highest BCUT2D eigenvalue weighted by Gasteiger charge is 2.10. The molecule has 0 saturated heterocycles. The minimum Gasteiger partial charge on any atom is -0.352 e. The van der Waals surface area contributed by atoms with E-state index in [9.17, 15) is 4.79 Å². The first-order chi connectivity index (χ1) is 11.4. The number of nitrogens with zero attached hydrogens (tertiary/aromatic N) is 2. The van der Waals surface area contributed by atoms with E-state index in [1.807, 2.05) is 26.0 Å². The van der Waals surface area contributed by atoms with Gasteiger partial charge in [0.15, 0.2) is 0 Å². The normalized spacial score (nSPS) is 10.8. The van der Waals surface area contributed by atoms with Crippen LogP contribution < -0.4 is 10.6 Å². The Kier molecular flexibility index (Phi) is 6.15. The average Bonchev–Trinajstić information content (AvgIpc) is 2.51. The third-order valence-electron chi connectivity index (χ3n) is 3.59. The molecule has 0 aliphatic carbocycles. The fraction of sp³-hybridized carbons (Fsp3) is 0.389. The second kappa shape index (κ2) is 8.11. The first-order valence-electron chi connectivity index (χ1n) is 8.01. The van der Waals surface area contributed by atoms with Gasteiger partial charge in [-0.3, -0.25) is 4.79 Å². The molecule has 0 spiro atoms. The largest absolute Gasteiger partial charge is 0.352 e. The van der Waals surface area contributed by atoms with Gasteiger partial charge in [-0.2, -0.15) is 0 Å². The van der Waals surface area contributed by atoms with Crippen molar-refractivity contribution in [3.05, 3.63) is 46.2 Å². The van der Waals surface area contributed by atoms with Crippen LogP contribution in [0.3, 0.4) is 0 Å². The molecule has 0 aliphatic rings. The molecule has 2 N–H and O–H groups in total. The van der Waals surface area contributed by atoms with Gasteiger partial charge in [-0.05, 0) is 43.4 Å². The zero-order valence-electron chi connectivity index (χ0n) is 14.5. The van der Waals surface area contributed by atoms with Gasteiger partial charge in [0.05, 0.1) is 16.3 Å². The molecule has 0 aliphatic heterocycles. The van der Waals surface area contributed by atoms with E-state index >= 15 is 0 Å². The summed E-state index contributed by atoms with van der Waals surface area (Å²) in [6.45, 7) is 8.85. The maximum atomic E-state index is 12.0. The molecule has 1 aromatic carbocycles. The molecule has 0 unspecified atom stereocenters. The number of rotatable bonds is 6. The predicted octanol–water partition coefficient (Wildman–Crippen LogP) is 4.27. The summed E-state index contributed by atoms with van der Waals surface area (Å²) in [5.41, 5.74) is 3.32. The molecule has 2 aromatic rings. The molecule has 0 saturated carbocycles. The van der Waals surface area contributed by atoms with Crippen LogP contribution in [0.1, 0.15) is 41.8 Å². The number of carbonyl (C=O) groups excluding carboxylic acids is 1. The number of carbonyl (C=O) groups is 1. The van der Waals surface area contributed by atoms with Crippen molar-refractivity contribution in [3.63, 3.8) is 0 Å². The lowest BCUT2D eigenvalue weighted by atomic mass is 10.1. The van der Waals surface area contributed by atoms with Crippen LogP contribution in [-0.2, 0) is 0 Å². The number of aryl methyl sites for hydroxylation is 2. The topological polar surface area (TPSA) is 66.9 Å². The second-order valence-electron chi connectivity index (χ2n) is 6.30. The third-order valence-corrected chi connectivity index (χ3v) is 3.89. The Hall–Kier alpha value is -2.14. The molecule has 0 radical (unpaired) electrons. The number of amides is 1. The van der Waals surface area contributed by atoms with Crippen LogP contribution in [0.5, 0.6) is 0 Å². The standard InChI is InChI=1S/C18H23ClN4O/c1-11(2)5-6-20-17(24)14-9-21-18(22-10-14)23-16-13(4)7-12(3)8-15(16)19/h7-11H,5-6H2,1-4H3,(H,20,24)(H,21,22,23). The average molecular weight is 347 g/mol. The molecule has 2 rings (SSSR count). The van der Waals surface area contributed by atoms with Crippen molar-refractivity contribution in [1.82, 2.24) is 15.3 Å². The summed E-state index contributed by atoms with van der Waals surface area (Å²) in [5.74, 6) is 0.796. The van der Waals surface area contributed by atoms with Crippen molar-refractivity contribution >= 4 is 29.1 Å². The van der Waals surface area contributed by atoms with Crippen LogP contribution in [0, 0.1) is 19.8 Å². The number of aromatic nitrogens is 2. The lowest BCUT2D eigenvalue weighted by molar-refractivity contribution is 0.0951. The fourth-order valence-corrected chi connectivity index (χ4v) is 2.64. The number of hydrogen-bond acceptors (Lipinski definition) is 4. The number of halogens is 1. The van der Waals surface area contributed by atoms with Gasteiger partial charge in [-0.15, -0.1) is 0 Å². The number of anilines is 2. The Morgan fingerprint density at radius 1 is 1.21 bits per heavy atom. The molecule has 0 fully saturated rings. The van der Waals surface area contributed by atoms with Gasteiger partial charge in [0.25, 0.3) is 5.91 Å². The highest BCUT2D eigenvalue weighted by molar-refractivity contribution is 6.33. The molecule has 24 heavy (non-hydrogen) atoms. The monoisotopic (exact) mass is 346 g/mol. The SMILES string of the molecule is Cc1cc(C)c(Nc2ncc(C(=O)NCCC(C)C)cn2)c(Cl)c1. The molecule has 1 aromatic heterocycles. The Bertz CT molecular complexity index is 690. The van der Waals surface area contributed by atoms with Crippen LogP contribution >= 0.6 is 11.6 Å². The molecule has 5 nitrogen and oxygen atoms in total. The number of nitrogens with one attached hydrogen (secondary N) is 2. The Morgan fingerprint density at radius 2 is 1.88 bits per heavy atom. The highest BCUT2D eigenvalue weighted by atomic mass is 35.5. The summed E-state index contributed by atoms with van der Waals surface area (Å²) in [6.07, 6.45) is 3.96. The first-order valence-corrected chi connectivity index (χ1v) is 8.38. The Morgan fingerprint density at radius 3 is 2.46 bits per heavy atom. The van der Waals surface area contributed by atoms with Crippen molar-refractivity contribution in [3.8, 4) is 0 Å². The third kappa shape index (κ3) is 4.93. The van der Waals surface area contributed by atoms with Gasteiger partial charge in [0.1, 0.15) is 0 Å². The van der Waals surface area contributed by atoms with Crippen LogP contribution in [0.4, 0.5) is 11.6 Å². The van der Waals surface area contributed by atoms with Crippen LogP contribution in [0.25, 0.3) is 0 Å². The minimum atomic E-state index is -0.160. The van der Waals surface area contributed by atoms with Crippen molar-refractivity contribution in [1.29, 1.82) is 0 Å². The van der Waals surface area contributed by atoms with Gasteiger partial charge in [-0.1, -0.05) is 31.5 Å². The fourth-order valence-electron chi connectivity index (χ4n) is 2.27. The van der Waals surface area contributed by atoms with Gasteiger partial charge < -0.3 is 10.6 Å². The van der Waals surface area contributed by atoms with Gasteiger partial charge in [-0.25, -0.2) is 9.97 Å². The quantitative estimate of drug-likeness (QED) is 0.819. The van der Waals surface area contributed by atoms with E-state index in [0.29, 0.717) is 29.0 Å². The van der Waals surface area contributed by atoms with Gasteiger partial charge in [0, 0.05) is 18.9 Å². The number of hydrogen-bond donors (Lipinski definition) is 2. The molecular weight excluding hydrogens is 324 g/mol. The molecule has 128 valence electrons. The van der Waals surface area contributed by atoms with E-state index in [-0.39, 0.29) is 5.91 Å². The Balaban J connectivity index is 2.03. The Labute approximate surface area is 147 Å². The van der Waals surface area contributed by atoms with Crippen molar-refractivity contribution in [2.45, 2.75) is 34.1 Å². The van der Waals surface area contributed by atoms with Gasteiger partial charge >= 0.3 is 0 Å². The highest BCUT2D eigenvalue weighted by Crippen LogP contribution is 2.29. The summed E-state index contributed by atoms with van der Waals surface area (Å²) >= 11 is 6.27. The maximum absolute atomic E-state index is 12.0. The summed E-state index contributed by atoms with van der Waals surface area (Å²) in [6, 6.07) is 3.91. The van der Waals surface area contributed by atoms with E-state index in [0.717, 1.165) is 23.2 Å². The second-order valence-corrected chi connectivity index (χ2v) is 6.70. The van der Waals surface area contributed by atoms with Crippen molar-refractivity contribution in [2.24, 2.45) is 5.92 Å². The zero-order valence-corrected chi connectivity index (χ0v) is 15.2. The van der Waals surface area contributed by atoms with Crippen molar-refractivity contribution in [2.75, 3.05) is 11.9 Å². The summed E-state index contributed by atoms with van der Waals surface area (Å²) < 4.78 is 0. The summed E-state index contributed by atoms with van der Waals surface area (Å²) in [5, 5.41) is 6.59. The molecule has 1 amide bonds. The first kappa shape index (κ1) is 18.2. The van der Waals surface area contributed by atoms with Crippen LogP contribution in [0.15, 0.2) is 24.5 Å². The lowest BCUT2D eigenvalue weighted by Gasteiger charge is -2.11. The van der Waals surface area contributed by atoms with Gasteiger partial charge in [0.2, 0.25) is 5.95 Å². The van der Waals surface area contributed by atoms with E-state index in [4.69, 9.17) is 11.6 Å². The number of benzene rings is 1. The minimum absolute atomic E-state index is 0.160. The van der Waals surface area contributed by atoms with Crippen LogP contribution in [-0.4, -0.2) is 22.4 Å². The lowest BCUT2D eigenvalue weighted by Crippen LogP contribution is -2.25. The molecule has 0 bridgehead atoms. The zero-order chi connectivity index (χ0) is 17.7. The predicted molar refractivity (Wildman–Crippen MR) is 98.0 cm³/mol. The summed E-state index contributed by atoms with van der Waals surface area (Å²) in [4.78, 5) is 20.4. The summed E-state index contributed by atoms with van der Waals surface area (Å²) in [7, 11) is 0. The molecule has 1 heterocycles. The molecular formula is C18H23ClN4O. The maximum Gasteiger partial charge on any atom is 0.254 e.